The highest BCUT2D eigenvalue weighted by Gasteiger charge is 2.36. The SMILES string of the molecule is O=C(Cc1ccsc1)NC1(CBr)CCC1. The number of amides is 1. The van der Waals surface area contributed by atoms with Crippen molar-refractivity contribution in [2.75, 3.05) is 5.33 Å². The minimum atomic E-state index is 0.0487. The molecule has 1 N–H and O–H groups in total. The second-order valence-corrected chi connectivity index (χ2v) is 5.46. The van der Waals surface area contributed by atoms with E-state index in [-0.39, 0.29) is 11.4 Å². The van der Waals surface area contributed by atoms with Crippen LogP contribution in [0.15, 0.2) is 16.8 Å². The average molecular weight is 288 g/mol. The number of carbonyl (C=O) groups excluding carboxylic acids is 1. The van der Waals surface area contributed by atoms with Gasteiger partial charge in [0.25, 0.3) is 0 Å². The Balaban J connectivity index is 1.87. The zero-order valence-electron chi connectivity index (χ0n) is 8.46. The van der Waals surface area contributed by atoms with Gasteiger partial charge < -0.3 is 5.32 Å². The molecule has 0 bridgehead atoms. The van der Waals surface area contributed by atoms with E-state index in [1.54, 1.807) is 11.3 Å². The molecule has 4 heteroatoms. The van der Waals surface area contributed by atoms with Gasteiger partial charge in [0, 0.05) is 10.9 Å². The first-order valence-corrected chi connectivity index (χ1v) is 7.19. The second-order valence-electron chi connectivity index (χ2n) is 4.12. The summed E-state index contributed by atoms with van der Waals surface area (Å²) in [6.45, 7) is 0. The summed E-state index contributed by atoms with van der Waals surface area (Å²) in [5.41, 5.74) is 1.16. The quantitative estimate of drug-likeness (QED) is 0.848. The van der Waals surface area contributed by atoms with Gasteiger partial charge in [0.05, 0.1) is 6.42 Å². The Bertz CT molecular complexity index is 327. The van der Waals surface area contributed by atoms with Gasteiger partial charge in [-0.1, -0.05) is 15.9 Å². The van der Waals surface area contributed by atoms with Crippen molar-refractivity contribution in [3.05, 3.63) is 22.4 Å². The molecular weight excluding hydrogens is 274 g/mol. The molecular formula is C11H14BrNOS. The van der Waals surface area contributed by atoms with E-state index in [0.29, 0.717) is 6.42 Å². The van der Waals surface area contributed by atoms with Crippen LogP contribution in [0.3, 0.4) is 0 Å². The summed E-state index contributed by atoms with van der Waals surface area (Å²) in [5.74, 6) is 0.146. The molecule has 0 atom stereocenters. The first-order valence-electron chi connectivity index (χ1n) is 5.12. The molecule has 1 aliphatic rings. The summed E-state index contributed by atoms with van der Waals surface area (Å²) < 4.78 is 0. The lowest BCUT2D eigenvalue weighted by atomic mass is 9.78. The molecule has 1 fully saturated rings. The van der Waals surface area contributed by atoms with E-state index in [4.69, 9.17) is 0 Å². The third-order valence-corrected chi connectivity index (χ3v) is 4.72. The van der Waals surface area contributed by atoms with Crippen molar-refractivity contribution < 1.29 is 4.79 Å². The number of carbonyl (C=O) groups is 1. The van der Waals surface area contributed by atoms with E-state index < -0.39 is 0 Å². The molecule has 82 valence electrons. The molecule has 1 aromatic heterocycles. The summed E-state index contributed by atoms with van der Waals surface area (Å²) in [6.07, 6.45) is 3.95. The summed E-state index contributed by atoms with van der Waals surface area (Å²) in [4.78, 5) is 11.8. The maximum Gasteiger partial charge on any atom is 0.224 e. The number of nitrogens with one attached hydrogen (secondary N) is 1. The zero-order chi connectivity index (χ0) is 10.7. The molecule has 1 amide bonds. The highest BCUT2D eigenvalue weighted by Crippen LogP contribution is 2.33. The van der Waals surface area contributed by atoms with E-state index in [0.717, 1.165) is 23.7 Å². The largest absolute Gasteiger partial charge is 0.350 e. The monoisotopic (exact) mass is 287 g/mol. The number of hydrogen-bond acceptors (Lipinski definition) is 2. The Labute approximate surface area is 102 Å². The van der Waals surface area contributed by atoms with E-state index in [2.05, 4.69) is 21.2 Å². The molecule has 1 heterocycles. The predicted molar refractivity (Wildman–Crippen MR) is 66.5 cm³/mol. The van der Waals surface area contributed by atoms with Gasteiger partial charge in [-0.15, -0.1) is 0 Å². The Morgan fingerprint density at radius 1 is 1.60 bits per heavy atom. The number of hydrogen-bond donors (Lipinski definition) is 1. The molecule has 0 spiro atoms. The number of halogens is 1. The van der Waals surface area contributed by atoms with Crippen LogP contribution in [0, 0.1) is 0 Å². The molecule has 0 saturated heterocycles. The maximum absolute atomic E-state index is 11.8. The smallest absolute Gasteiger partial charge is 0.224 e. The van der Waals surface area contributed by atoms with Gasteiger partial charge >= 0.3 is 0 Å². The van der Waals surface area contributed by atoms with Crippen LogP contribution in [0.5, 0.6) is 0 Å². The van der Waals surface area contributed by atoms with Crippen LogP contribution in [0.25, 0.3) is 0 Å². The lowest BCUT2D eigenvalue weighted by Crippen LogP contribution is -2.55. The van der Waals surface area contributed by atoms with Crippen molar-refractivity contribution >= 4 is 33.2 Å². The Kier molecular flexibility index (Phi) is 3.46. The van der Waals surface area contributed by atoms with Crippen molar-refractivity contribution in [1.82, 2.24) is 5.32 Å². The zero-order valence-corrected chi connectivity index (χ0v) is 10.9. The Hall–Kier alpha value is -0.350. The van der Waals surface area contributed by atoms with E-state index in [1.165, 1.54) is 6.42 Å². The standard InChI is InChI=1S/C11H14BrNOS/c12-8-11(3-1-4-11)13-10(14)6-9-2-5-15-7-9/h2,5,7H,1,3-4,6,8H2,(H,13,14). The van der Waals surface area contributed by atoms with Crippen molar-refractivity contribution in [1.29, 1.82) is 0 Å². The van der Waals surface area contributed by atoms with Crippen LogP contribution < -0.4 is 5.32 Å². The lowest BCUT2D eigenvalue weighted by Gasteiger charge is -2.41. The lowest BCUT2D eigenvalue weighted by molar-refractivity contribution is -0.123. The summed E-state index contributed by atoms with van der Waals surface area (Å²) in [5, 5.41) is 8.04. The topological polar surface area (TPSA) is 29.1 Å². The van der Waals surface area contributed by atoms with Gasteiger partial charge in [-0.05, 0) is 41.7 Å². The third kappa shape index (κ3) is 2.61. The fourth-order valence-electron chi connectivity index (χ4n) is 1.81. The van der Waals surface area contributed by atoms with E-state index >= 15 is 0 Å². The van der Waals surface area contributed by atoms with Gasteiger partial charge in [-0.3, -0.25) is 4.79 Å². The third-order valence-electron chi connectivity index (χ3n) is 2.92. The van der Waals surface area contributed by atoms with Crippen LogP contribution in [-0.4, -0.2) is 16.8 Å². The Morgan fingerprint density at radius 3 is 2.87 bits per heavy atom. The molecule has 0 aliphatic heterocycles. The van der Waals surface area contributed by atoms with Gasteiger partial charge in [0.15, 0.2) is 0 Å². The minimum Gasteiger partial charge on any atom is -0.350 e. The van der Waals surface area contributed by atoms with Gasteiger partial charge in [-0.2, -0.15) is 11.3 Å². The van der Waals surface area contributed by atoms with Crippen LogP contribution in [-0.2, 0) is 11.2 Å². The Morgan fingerprint density at radius 2 is 2.40 bits per heavy atom. The maximum atomic E-state index is 11.8. The van der Waals surface area contributed by atoms with Crippen LogP contribution >= 0.6 is 27.3 Å². The number of thiophene rings is 1. The van der Waals surface area contributed by atoms with E-state index in [1.807, 2.05) is 16.8 Å². The molecule has 0 aromatic carbocycles. The summed E-state index contributed by atoms with van der Waals surface area (Å²) in [6, 6.07) is 2.01. The van der Waals surface area contributed by atoms with Gasteiger partial charge in [0.1, 0.15) is 0 Å². The molecule has 2 rings (SSSR count). The molecule has 1 aromatic rings. The van der Waals surface area contributed by atoms with Crippen molar-refractivity contribution in [2.24, 2.45) is 0 Å². The first kappa shape index (κ1) is 11.1. The van der Waals surface area contributed by atoms with Crippen LogP contribution in [0.2, 0.25) is 0 Å². The minimum absolute atomic E-state index is 0.0487. The molecule has 0 radical (unpaired) electrons. The van der Waals surface area contributed by atoms with Crippen molar-refractivity contribution in [3.63, 3.8) is 0 Å². The number of alkyl halides is 1. The van der Waals surface area contributed by atoms with Gasteiger partial charge in [0.2, 0.25) is 5.91 Å². The summed E-state index contributed by atoms with van der Waals surface area (Å²) in [7, 11) is 0. The summed E-state index contributed by atoms with van der Waals surface area (Å²) >= 11 is 5.11. The fourth-order valence-corrected chi connectivity index (χ4v) is 3.18. The number of rotatable bonds is 4. The molecule has 15 heavy (non-hydrogen) atoms. The highest BCUT2D eigenvalue weighted by molar-refractivity contribution is 9.09. The predicted octanol–water partition coefficient (Wildman–Crippen LogP) is 2.72. The molecule has 1 saturated carbocycles. The molecule has 2 nitrogen and oxygen atoms in total. The average Bonchev–Trinajstić information content (AvgIpc) is 2.64. The first-order chi connectivity index (χ1) is 7.24. The normalized spacial score (nSPS) is 18.2. The van der Waals surface area contributed by atoms with Crippen molar-refractivity contribution in [2.45, 2.75) is 31.2 Å². The highest BCUT2D eigenvalue weighted by atomic mass is 79.9. The van der Waals surface area contributed by atoms with Crippen LogP contribution in [0.4, 0.5) is 0 Å². The van der Waals surface area contributed by atoms with E-state index in [9.17, 15) is 4.79 Å². The molecule has 1 aliphatic carbocycles. The molecule has 0 unspecified atom stereocenters. The van der Waals surface area contributed by atoms with Gasteiger partial charge in [-0.25, -0.2) is 0 Å². The van der Waals surface area contributed by atoms with Crippen LogP contribution in [0.1, 0.15) is 24.8 Å². The second kappa shape index (κ2) is 4.66. The fraction of sp³-hybridized carbons (Fsp3) is 0.545. The van der Waals surface area contributed by atoms with Crippen molar-refractivity contribution in [3.8, 4) is 0 Å².